The maximum Gasteiger partial charge on any atom is 0.264 e. The number of rotatable bonds is 3. The van der Waals surface area contributed by atoms with Crippen LogP contribution in [0.4, 0.5) is 5.13 Å². The summed E-state index contributed by atoms with van der Waals surface area (Å²) in [6.45, 7) is 0. The molecule has 1 aliphatic heterocycles. The van der Waals surface area contributed by atoms with Crippen LogP contribution in [0.5, 0.6) is 0 Å². The largest absolute Gasteiger partial charge is 0.496 e. The Balaban J connectivity index is 1.48. The van der Waals surface area contributed by atoms with E-state index in [0.717, 1.165) is 36.9 Å². The molecule has 0 radical (unpaired) electrons. The normalized spacial score (nSPS) is 22.6. The molecule has 1 saturated carbocycles. The summed E-state index contributed by atoms with van der Waals surface area (Å²) in [4.78, 5) is 33.5. The summed E-state index contributed by atoms with van der Waals surface area (Å²) < 4.78 is 5.63. The van der Waals surface area contributed by atoms with Gasteiger partial charge in [0.25, 0.3) is 5.91 Å². The molecule has 0 saturated heterocycles. The number of amides is 1. The van der Waals surface area contributed by atoms with Crippen molar-refractivity contribution in [3.63, 3.8) is 0 Å². The zero-order chi connectivity index (χ0) is 17.2. The van der Waals surface area contributed by atoms with E-state index in [9.17, 15) is 9.59 Å². The molecule has 25 heavy (non-hydrogen) atoms. The van der Waals surface area contributed by atoms with Gasteiger partial charge in [-0.3, -0.25) is 19.9 Å². The Hall–Kier alpha value is -2.54. The Labute approximate surface area is 149 Å². The molecule has 6 nitrogen and oxygen atoms in total. The van der Waals surface area contributed by atoms with Gasteiger partial charge in [-0.2, -0.15) is 0 Å². The van der Waals surface area contributed by atoms with E-state index in [4.69, 9.17) is 4.74 Å². The molecule has 2 aromatic heterocycles. The average Bonchev–Trinajstić information content (AvgIpc) is 3.11. The van der Waals surface area contributed by atoms with Crippen LogP contribution in [0.15, 0.2) is 41.7 Å². The first kappa shape index (κ1) is 16.0. The summed E-state index contributed by atoms with van der Waals surface area (Å²) in [5.41, 5.74) is 1.70. The molecule has 0 aromatic carbocycles. The van der Waals surface area contributed by atoms with Gasteiger partial charge in [-0.15, -0.1) is 11.3 Å². The molecule has 2 aromatic rings. The molecule has 1 aliphatic carbocycles. The number of Topliss-reactive ketones (excluding diaryl/α,β-unsaturated/α-hetero) is 1. The van der Waals surface area contributed by atoms with Gasteiger partial charge in [-0.1, -0.05) is 6.42 Å². The number of hydrogen-bond acceptors (Lipinski definition) is 6. The van der Waals surface area contributed by atoms with Crippen LogP contribution < -0.4 is 5.32 Å². The van der Waals surface area contributed by atoms with Gasteiger partial charge in [-0.05, 0) is 31.4 Å². The summed E-state index contributed by atoms with van der Waals surface area (Å²) in [6.07, 6.45) is 8.39. The lowest BCUT2D eigenvalue weighted by Gasteiger charge is -2.33. The average molecular weight is 355 g/mol. The van der Waals surface area contributed by atoms with Crippen molar-refractivity contribution >= 4 is 28.2 Å². The van der Waals surface area contributed by atoms with Crippen molar-refractivity contribution in [2.75, 3.05) is 5.32 Å². The van der Waals surface area contributed by atoms with E-state index >= 15 is 0 Å². The number of carbonyl (C=O) groups is 2. The van der Waals surface area contributed by atoms with Gasteiger partial charge in [0.15, 0.2) is 10.9 Å². The lowest BCUT2D eigenvalue weighted by atomic mass is 9.80. The van der Waals surface area contributed by atoms with Crippen LogP contribution in [0.3, 0.4) is 0 Å². The quantitative estimate of drug-likeness (QED) is 0.855. The van der Waals surface area contributed by atoms with Crippen LogP contribution >= 0.6 is 11.3 Å². The predicted molar refractivity (Wildman–Crippen MR) is 93.9 cm³/mol. The van der Waals surface area contributed by atoms with Gasteiger partial charge in [0.2, 0.25) is 0 Å². The number of aromatic nitrogens is 2. The summed E-state index contributed by atoms with van der Waals surface area (Å²) >= 11 is 1.31. The summed E-state index contributed by atoms with van der Waals surface area (Å²) in [7, 11) is 0. The fourth-order valence-electron chi connectivity index (χ4n) is 3.28. The number of nitrogens with zero attached hydrogens (tertiary/aromatic N) is 2. The van der Waals surface area contributed by atoms with Gasteiger partial charge in [0, 0.05) is 23.3 Å². The monoisotopic (exact) mass is 355 g/mol. The van der Waals surface area contributed by atoms with Crippen LogP contribution in [0.25, 0.3) is 11.3 Å². The third-order valence-corrected chi connectivity index (χ3v) is 5.35. The second-order valence-electron chi connectivity index (χ2n) is 6.19. The van der Waals surface area contributed by atoms with E-state index in [1.54, 1.807) is 12.4 Å². The van der Waals surface area contributed by atoms with E-state index in [2.05, 4.69) is 15.3 Å². The Morgan fingerprint density at radius 2 is 2.20 bits per heavy atom. The number of fused-ring (bicyclic) bond motifs is 1. The topological polar surface area (TPSA) is 81.2 Å². The van der Waals surface area contributed by atoms with Crippen molar-refractivity contribution in [2.24, 2.45) is 5.92 Å². The van der Waals surface area contributed by atoms with Gasteiger partial charge in [-0.25, -0.2) is 4.98 Å². The fourth-order valence-corrected chi connectivity index (χ4v) is 4.00. The Kier molecular flexibility index (Phi) is 4.31. The first-order valence-electron chi connectivity index (χ1n) is 8.29. The van der Waals surface area contributed by atoms with Crippen LogP contribution in [-0.4, -0.2) is 27.8 Å². The van der Waals surface area contributed by atoms with Crippen molar-refractivity contribution in [3.05, 3.63) is 41.7 Å². The molecule has 1 amide bonds. The molecule has 2 unspecified atom stereocenters. The molecule has 0 spiro atoms. The summed E-state index contributed by atoms with van der Waals surface area (Å²) in [6, 6.07) is 3.73. The number of carbonyl (C=O) groups excluding carboxylic acids is 2. The minimum Gasteiger partial charge on any atom is -0.496 e. The summed E-state index contributed by atoms with van der Waals surface area (Å²) in [5, 5.41) is 5.00. The highest BCUT2D eigenvalue weighted by Crippen LogP contribution is 2.33. The van der Waals surface area contributed by atoms with Gasteiger partial charge >= 0.3 is 0 Å². The smallest absolute Gasteiger partial charge is 0.264 e. The van der Waals surface area contributed by atoms with Crippen molar-refractivity contribution < 1.29 is 14.3 Å². The molecule has 1 fully saturated rings. The SMILES string of the molecule is O=C(Nc1nc(-c2cccnc2)cs1)C1=COC2CCCCC2C1=O. The highest BCUT2D eigenvalue weighted by molar-refractivity contribution is 7.14. The van der Waals surface area contributed by atoms with Crippen LogP contribution in [0.1, 0.15) is 25.7 Å². The second kappa shape index (κ2) is 6.76. The maximum absolute atomic E-state index is 12.6. The molecular formula is C18H17N3O3S. The lowest BCUT2D eigenvalue weighted by Crippen LogP contribution is -2.39. The third-order valence-electron chi connectivity index (χ3n) is 4.59. The predicted octanol–water partition coefficient (Wildman–Crippen LogP) is 3.19. The first-order valence-corrected chi connectivity index (χ1v) is 9.17. The van der Waals surface area contributed by atoms with E-state index in [1.165, 1.54) is 17.6 Å². The molecule has 7 heteroatoms. The molecule has 2 aliphatic rings. The fraction of sp³-hybridized carbons (Fsp3) is 0.333. The lowest BCUT2D eigenvalue weighted by molar-refractivity contribution is -0.129. The van der Waals surface area contributed by atoms with E-state index in [1.807, 2.05) is 17.5 Å². The molecule has 2 atom stereocenters. The minimum atomic E-state index is -0.457. The van der Waals surface area contributed by atoms with Crippen LogP contribution in [-0.2, 0) is 14.3 Å². The van der Waals surface area contributed by atoms with Gasteiger partial charge < -0.3 is 4.74 Å². The van der Waals surface area contributed by atoms with Crippen molar-refractivity contribution in [2.45, 2.75) is 31.8 Å². The Morgan fingerprint density at radius 1 is 1.32 bits per heavy atom. The maximum atomic E-state index is 12.6. The standard InChI is InChI=1S/C18H17N3O3S/c22-16-12-5-1-2-6-15(12)24-9-13(16)17(23)21-18-20-14(10-25-18)11-4-3-7-19-8-11/h3-4,7-10,12,15H,1-2,5-6H2,(H,20,21,23). The van der Waals surface area contributed by atoms with E-state index < -0.39 is 5.91 Å². The zero-order valence-electron chi connectivity index (χ0n) is 13.5. The molecule has 1 N–H and O–H groups in total. The summed E-state index contributed by atoms with van der Waals surface area (Å²) in [5.74, 6) is -0.764. The van der Waals surface area contributed by atoms with E-state index in [-0.39, 0.29) is 23.4 Å². The molecule has 4 rings (SSSR count). The molecule has 128 valence electrons. The highest BCUT2D eigenvalue weighted by atomic mass is 32.1. The number of pyridine rings is 1. The molecular weight excluding hydrogens is 338 g/mol. The Bertz CT molecular complexity index is 831. The number of ether oxygens (including phenoxy) is 1. The highest BCUT2D eigenvalue weighted by Gasteiger charge is 2.39. The van der Waals surface area contributed by atoms with Crippen molar-refractivity contribution in [1.82, 2.24) is 9.97 Å². The van der Waals surface area contributed by atoms with Crippen LogP contribution in [0, 0.1) is 5.92 Å². The van der Waals surface area contributed by atoms with Crippen LogP contribution in [0.2, 0.25) is 0 Å². The molecule has 0 bridgehead atoms. The van der Waals surface area contributed by atoms with Crippen molar-refractivity contribution in [1.29, 1.82) is 0 Å². The second-order valence-corrected chi connectivity index (χ2v) is 7.05. The number of ketones is 1. The van der Waals surface area contributed by atoms with Gasteiger partial charge in [0.1, 0.15) is 11.7 Å². The number of hydrogen-bond donors (Lipinski definition) is 1. The number of thiazole rings is 1. The first-order chi connectivity index (χ1) is 12.2. The van der Waals surface area contributed by atoms with Crippen molar-refractivity contribution in [3.8, 4) is 11.3 Å². The van der Waals surface area contributed by atoms with E-state index in [0.29, 0.717) is 5.13 Å². The molecule has 3 heterocycles. The number of nitrogens with one attached hydrogen (secondary N) is 1. The third kappa shape index (κ3) is 3.19. The van der Waals surface area contributed by atoms with Gasteiger partial charge in [0.05, 0.1) is 17.9 Å². The number of anilines is 1. The zero-order valence-corrected chi connectivity index (χ0v) is 14.3. The minimum absolute atomic E-state index is 0.0742. The Morgan fingerprint density at radius 3 is 3.04 bits per heavy atom.